The van der Waals surface area contributed by atoms with Crippen LogP contribution >= 0.6 is 0 Å². The molecule has 4 heteroatoms. The summed E-state index contributed by atoms with van der Waals surface area (Å²) in [5.74, 6) is 1.46. The first-order valence-corrected chi connectivity index (χ1v) is 6.54. The smallest absolute Gasteiger partial charge is 0.146 e. The highest BCUT2D eigenvalue weighted by Crippen LogP contribution is 2.33. The Morgan fingerprint density at radius 1 is 1.56 bits per heavy atom. The predicted molar refractivity (Wildman–Crippen MR) is 73.2 cm³/mol. The number of hydrogen-bond acceptors (Lipinski definition) is 4. The lowest BCUT2D eigenvalue weighted by molar-refractivity contribution is 0.568. The number of aromatic nitrogens is 1. The lowest BCUT2D eigenvalue weighted by Crippen LogP contribution is -2.29. The minimum Gasteiger partial charge on any atom is -0.397 e. The molecule has 18 heavy (non-hydrogen) atoms. The molecule has 2 rings (SSSR count). The molecule has 96 valence electrons. The molecule has 0 bridgehead atoms. The van der Waals surface area contributed by atoms with Crippen molar-refractivity contribution in [2.24, 2.45) is 5.92 Å². The van der Waals surface area contributed by atoms with Crippen molar-refractivity contribution in [1.29, 1.82) is 5.26 Å². The molecule has 0 amide bonds. The average molecular weight is 244 g/mol. The second kappa shape index (κ2) is 5.26. The van der Waals surface area contributed by atoms with Crippen molar-refractivity contribution in [3.05, 3.63) is 17.8 Å². The minimum absolute atomic E-state index is 0.551. The highest BCUT2D eigenvalue weighted by Gasteiger charge is 2.31. The van der Waals surface area contributed by atoms with Crippen LogP contribution in [0, 0.1) is 17.2 Å². The van der Waals surface area contributed by atoms with Gasteiger partial charge in [-0.05, 0) is 31.2 Å². The zero-order valence-corrected chi connectivity index (χ0v) is 11.1. The van der Waals surface area contributed by atoms with Crippen LogP contribution in [0.5, 0.6) is 0 Å². The number of anilines is 2. The molecule has 4 nitrogen and oxygen atoms in total. The van der Waals surface area contributed by atoms with Crippen molar-refractivity contribution in [2.75, 3.05) is 17.2 Å². The van der Waals surface area contributed by atoms with Gasteiger partial charge >= 0.3 is 0 Å². The van der Waals surface area contributed by atoms with Crippen LogP contribution in [-0.2, 0) is 0 Å². The first-order chi connectivity index (χ1) is 8.61. The first kappa shape index (κ1) is 12.7. The highest BCUT2D eigenvalue weighted by molar-refractivity contribution is 5.59. The maximum atomic E-state index is 9.20. The third-order valence-corrected chi connectivity index (χ3v) is 3.22. The number of nitrogens with zero attached hydrogens (tertiary/aromatic N) is 3. The Bertz CT molecular complexity index is 457. The molecule has 1 fully saturated rings. The van der Waals surface area contributed by atoms with Gasteiger partial charge < -0.3 is 10.6 Å². The van der Waals surface area contributed by atoms with Gasteiger partial charge in [0.1, 0.15) is 11.9 Å². The molecule has 0 atom stereocenters. The van der Waals surface area contributed by atoms with Crippen LogP contribution in [0.1, 0.15) is 38.7 Å². The Hall–Kier alpha value is -1.76. The summed E-state index contributed by atoms with van der Waals surface area (Å²) in [5.41, 5.74) is 6.82. The zero-order valence-electron chi connectivity index (χ0n) is 11.1. The normalized spacial score (nSPS) is 14.6. The van der Waals surface area contributed by atoms with Gasteiger partial charge in [0.05, 0.1) is 17.4 Å². The monoisotopic (exact) mass is 244 g/mol. The summed E-state index contributed by atoms with van der Waals surface area (Å²) >= 11 is 0. The van der Waals surface area contributed by atoms with E-state index in [1.165, 1.54) is 12.8 Å². The standard InChI is InChI=1S/C14H20N4/c1-10(2)5-6-18(13-3-4-13)14-11(8-15)7-12(16)9-17-14/h7,9-10,13H,3-6,16H2,1-2H3. The summed E-state index contributed by atoms with van der Waals surface area (Å²) in [7, 11) is 0. The number of hydrogen-bond donors (Lipinski definition) is 1. The SMILES string of the molecule is CC(C)CCN(c1ncc(N)cc1C#N)C1CC1. The molecule has 1 aromatic rings. The fourth-order valence-corrected chi connectivity index (χ4v) is 2.03. The Balaban J connectivity index is 2.22. The topological polar surface area (TPSA) is 65.9 Å². The molecule has 0 unspecified atom stereocenters. The molecule has 1 heterocycles. The summed E-state index contributed by atoms with van der Waals surface area (Å²) in [5, 5.41) is 9.20. The average Bonchev–Trinajstić information content (AvgIpc) is 3.15. The quantitative estimate of drug-likeness (QED) is 0.864. The lowest BCUT2D eigenvalue weighted by Gasteiger charge is -2.25. The second-order valence-corrected chi connectivity index (χ2v) is 5.36. The summed E-state index contributed by atoms with van der Waals surface area (Å²) in [6, 6.07) is 4.48. The first-order valence-electron chi connectivity index (χ1n) is 6.54. The van der Waals surface area contributed by atoms with Gasteiger partial charge in [0.25, 0.3) is 0 Å². The van der Waals surface area contributed by atoms with Crippen LogP contribution in [0.25, 0.3) is 0 Å². The number of nitriles is 1. The highest BCUT2D eigenvalue weighted by atomic mass is 15.2. The molecular weight excluding hydrogens is 224 g/mol. The Labute approximate surface area is 108 Å². The van der Waals surface area contributed by atoms with Crippen LogP contribution in [0.4, 0.5) is 11.5 Å². The third kappa shape index (κ3) is 2.92. The summed E-state index contributed by atoms with van der Waals surface area (Å²) in [6.07, 6.45) is 5.17. The molecule has 0 aliphatic heterocycles. The van der Waals surface area contributed by atoms with E-state index < -0.39 is 0 Å². The van der Waals surface area contributed by atoms with E-state index in [1.807, 2.05) is 0 Å². The molecule has 1 aliphatic rings. The van der Waals surface area contributed by atoms with E-state index in [0.29, 0.717) is 23.2 Å². The number of nitrogens with two attached hydrogens (primary N) is 1. The molecule has 1 aromatic heterocycles. The molecule has 0 radical (unpaired) electrons. The van der Waals surface area contributed by atoms with Crippen molar-refractivity contribution in [3.8, 4) is 6.07 Å². The Morgan fingerprint density at radius 3 is 2.83 bits per heavy atom. The van der Waals surface area contributed by atoms with Gasteiger partial charge in [0, 0.05) is 12.6 Å². The van der Waals surface area contributed by atoms with Crippen molar-refractivity contribution in [2.45, 2.75) is 39.2 Å². The Kier molecular flexibility index (Phi) is 3.71. The maximum absolute atomic E-state index is 9.20. The lowest BCUT2D eigenvalue weighted by atomic mass is 10.1. The number of rotatable bonds is 5. The van der Waals surface area contributed by atoms with Crippen LogP contribution < -0.4 is 10.6 Å². The largest absolute Gasteiger partial charge is 0.397 e. The van der Waals surface area contributed by atoms with Gasteiger partial charge in [0.2, 0.25) is 0 Å². The van der Waals surface area contributed by atoms with Crippen LogP contribution in [0.15, 0.2) is 12.3 Å². The number of nitrogen functional groups attached to an aromatic ring is 1. The van der Waals surface area contributed by atoms with E-state index in [-0.39, 0.29) is 0 Å². The van der Waals surface area contributed by atoms with E-state index in [4.69, 9.17) is 5.73 Å². The van der Waals surface area contributed by atoms with Crippen LogP contribution in [-0.4, -0.2) is 17.6 Å². The zero-order chi connectivity index (χ0) is 13.1. The Morgan fingerprint density at radius 2 is 2.28 bits per heavy atom. The predicted octanol–water partition coefficient (Wildman–Crippen LogP) is 2.55. The van der Waals surface area contributed by atoms with Gasteiger partial charge in [-0.2, -0.15) is 5.26 Å². The fourth-order valence-electron chi connectivity index (χ4n) is 2.03. The third-order valence-electron chi connectivity index (χ3n) is 3.22. The van der Waals surface area contributed by atoms with Crippen molar-refractivity contribution in [3.63, 3.8) is 0 Å². The molecule has 2 N–H and O–H groups in total. The van der Waals surface area contributed by atoms with E-state index in [1.54, 1.807) is 12.3 Å². The van der Waals surface area contributed by atoms with Crippen LogP contribution in [0.2, 0.25) is 0 Å². The molecule has 1 saturated carbocycles. The summed E-state index contributed by atoms with van der Waals surface area (Å²) in [6.45, 7) is 5.40. The van der Waals surface area contributed by atoms with Crippen LogP contribution in [0.3, 0.4) is 0 Å². The second-order valence-electron chi connectivity index (χ2n) is 5.36. The molecule has 1 aliphatic carbocycles. The van der Waals surface area contributed by atoms with Gasteiger partial charge in [-0.1, -0.05) is 13.8 Å². The van der Waals surface area contributed by atoms with Gasteiger partial charge in [0.15, 0.2) is 0 Å². The van der Waals surface area contributed by atoms with E-state index in [9.17, 15) is 5.26 Å². The summed E-state index contributed by atoms with van der Waals surface area (Å²) in [4.78, 5) is 6.64. The van der Waals surface area contributed by atoms with Crippen molar-refractivity contribution >= 4 is 11.5 Å². The van der Waals surface area contributed by atoms with Gasteiger partial charge in [-0.3, -0.25) is 0 Å². The summed E-state index contributed by atoms with van der Waals surface area (Å²) < 4.78 is 0. The molecule has 0 aromatic carbocycles. The van der Waals surface area contributed by atoms with E-state index in [0.717, 1.165) is 18.8 Å². The van der Waals surface area contributed by atoms with Gasteiger partial charge in [-0.15, -0.1) is 0 Å². The number of pyridine rings is 1. The van der Waals surface area contributed by atoms with E-state index in [2.05, 4.69) is 29.8 Å². The maximum Gasteiger partial charge on any atom is 0.146 e. The fraction of sp³-hybridized carbons (Fsp3) is 0.571. The van der Waals surface area contributed by atoms with Gasteiger partial charge in [-0.25, -0.2) is 4.98 Å². The molecule has 0 saturated heterocycles. The molecular formula is C14H20N4. The van der Waals surface area contributed by atoms with Crippen molar-refractivity contribution < 1.29 is 0 Å². The minimum atomic E-state index is 0.551. The molecule has 0 spiro atoms. The van der Waals surface area contributed by atoms with Crippen molar-refractivity contribution in [1.82, 2.24) is 4.98 Å². The van der Waals surface area contributed by atoms with E-state index >= 15 is 0 Å².